The zero-order valence-corrected chi connectivity index (χ0v) is 20.4. The van der Waals surface area contributed by atoms with E-state index >= 15 is 0 Å². The summed E-state index contributed by atoms with van der Waals surface area (Å²) in [5, 5.41) is 17.6. The molecule has 0 bridgehead atoms. The van der Waals surface area contributed by atoms with Gasteiger partial charge in [0.1, 0.15) is 11.6 Å². The number of hydrogen-bond donors (Lipinski definition) is 3. The van der Waals surface area contributed by atoms with Gasteiger partial charge in [0, 0.05) is 30.0 Å². The molecule has 0 radical (unpaired) electrons. The van der Waals surface area contributed by atoms with E-state index in [4.69, 9.17) is 4.98 Å². The highest BCUT2D eigenvalue weighted by Gasteiger charge is 2.12. The van der Waals surface area contributed by atoms with Crippen LogP contribution in [-0.2, 0) is 17.6 Å². The lowest BCUT2D eigenvalue weighted by Gasteiger charge is -2.12. The number of nitrogens with zero attached hydrogens (tertiary/aromatic N) is 3. The molecule has 0 saturated carbocycles. The zero-order valence-electron chi connectivity index (χ0n) is 20.4. The monoisotopic (exact) mass is 491 g/mol. The van der Waals surface area contributed by atoms with E-state index in [1.54, 1.807) is 6.20 Å². The number of amides is 1. The van der Waals surface area contributed by atoms with Crippen LogP contribution in [0.3, 0.4) is 0 Å². The van der Waals surface area contributed by atoms with Crippen molar-refractivity contribution in [1.29, 1.82) is 0 Å². The Bertz CT molecular complexity index is 1460. The second kappa shape index (κ2) is 11.6. The van der Waals surface area contributed by atoms with Gasteiger partial charge in [-0.25, -0.2) is 9.97 Å². The Morgan fingerprint density at radius 2 is 1.70 bits per heavy atom. The van der Waals surface area contributed by atoms with E-state index in [9.17, 15) is 9.90 Å². The summed E-state index contributed by atoms with van der Waals surface area (Å²) < 4.78 is 1.84. The second-order valence-electron chi connectivity index (χ2n) is 8.88. The molecule has 0 saturated heterocycles. The Morgan fingerprint density at radius 3 is 2.54 bits per heavy atom. The molecule has 3 N–H and O–H groups in total. The quantitative estimate of drug-likeness (QED) is 0.251. The average Bonchev–Trinajstić information content (AvgIpc) is 3.40. The van der Waals surface area contributed by atoms with Crippen LogP contribution in [0.25, 0.3) is 16.7 Å². The summed E-state index contributed by atoms with van der Waals surface area (Å²) in [6, 6.07) is 29.3. The maximum Gasteiger partial charge on any atom is 0.231 e. The number of benzene rings is 3. The van der Waals surface area contributed by atoms with Gasteiger partial charge in [0.15, 0.2) is 0 Å². The molecule has 7 nitrogen and oxygen atoms in total. The van der Waals surface area contributed by atoms with E-state index in [0.29, 0.717) is 12.4 Å². The van der Waals surface area contributed by atoms with Crippen molar-refractivity contribution in [3.63, 3.8) is 0 Å². The van der Waals surface area contributed by atoms with E-state index in [1.165, 1.54) is 0 Å². The van der Waals surface area contributed by atoms with Crippen molar-refractivity contribution >= 4 is 22.5 Å². The van der Waals surface area contributed by atoms with Crippen LogP contribution in [0.2, 0.25) is 0 Å². The number of para-hydroxylation sites is 1. The molecule has 7 heteroatoms. The van der Waals surface area contributed by atoms with Gasteiger partial charge in [0.2, 0.25) is 5.91 Å². The fourth-order valence-electron chi connectivity index (χ4n) is 4.23. The molecule has 0 aliphatic carbocycles. The van der Waals surface area contributed by atoms with Crippen molar-refractivity contribution in [1.82, 2.24) is 19.9 Å². The number of rotatable bonds is 10. The molecule has 2 heterocycles. The minimum Gasteiger partial charge on any atom is -0.387 e. The van der Waals surface area contributed by atoms with Crippen molar-refractivity contribution in [2.24, 2.45) is 0 Å². The number of carbonyl (C=O) groups excluding carboxylic acids is 1. The fraction of sp³-hybridized carbons (Fsp3) is 0.167. The van der Waals surface area contributed by atoms with E-state index in [1.807, 2.05) is 102 Å². The summed E-state index contributed by atoms with van der Waals surface area (Å²) in [7, 11) is 0. The Balaban J connectivity index is 1.12. The van der Waals surface area contributed by atoms with E-state index in [2.05, 4.69) is 15.6 Å². The lowest BCUT2D eigenvalue weighted by molar-refractivity contribution is -0.115. The largest absolute Gasteiger partial charge is 0.387 e. The number of fused-ring (bicyclic) bond motifs is 1. The molecule has 0 unspecified atom stereocenters. The van der Waals surface area contributed by atoms with Gasteiger partial charge < -0.3 is 15.7 Å². The first-order chi connectivity index (χ1) is 18.2. The van der Waals surface area contributed by atoms with Crippen LogP contribution in [0.15, 0.2) is 103 Å². The van der Waals surface area contributed by atoms with Crippen LogP contribution < -0.4 is 10.6 Å². The van der Waals surface area contributed by atoms with Crippen molar-refractivity contribution in [2.75, 3.05) is 18.4 Å². The summed E-state index contributed by atoms with van der Waals surface area (Å²) in [4.78, 5) is 21.8. The third-order valence-electron chi connectivity index (χ3n) is 6.22. The lowest BCUT2D eigenvalue weighted by atomic mass is 10.1. The Kier molecular flexibility index (Phi) is 7.64. The van der Waals surface area contributed by atoms with Crippen LogP contribution in [0.4, 0.5) is 5.69 Å². The molecule has 3 aromatic carbocycles. The van der Waals surface area contributed by atoms with Crippen molar-refractivity contribution in [3.8, 4) is 5.82 Å². The molecular weight excluding hydrogens is 462 g/mol. The van der Waals surface area contributed by atoms with Crippen LogP contribution in [0, 0.1) is 0 Å². The lowest BCUT2D eigenvalue weighted by Crippen LogP contribution is -2.23. The smallest absolute Gasteiger partial charge is 0.231 e. The number of aliphatic hydroxyl groups is 1. The summed E-state index contributed by atoms with van der Waals surface area (Å²) in [6.07, 6.45) is 3.94. The minimum atomic E-state index is -0.522. The molecule has 186 valence electrons. The summed E-state index contributed by atoms with van der Waals surface area (Å²) in [6.45, 7) is 1.25. The predicted octanol–water partition coefficient (Wildman–Crippen LogP) is 4.47. The Hall–Kier alpha value is -4.33. The van der Waals surface area contributed by atoms with Crippen molar-refractivity contribution in [2.45, 2.75) is 18.9 Å². The van der Waals surface area contributed by atoms with Crippen LogP contribution >= 0.6 is 0 Å². The van der Waals surface area contributed by atoms with Crippen LogP contribution in [-0.4, -0.2) is 38.6 Å². The third kappa shape index (κ3) is 6.27. The minimum absolute atomic E-state index is 0.136. The van der Waals surface area contributed by atoms with Crippen molar-refractivity contribution in [3.05, 3.63) is 120 Å². The van der Waals surface area contributed by atoms with E-state index in [0.717, 1.165) is 46.5 Å². The standard InChI is InChI=1S/C30H29N5O2/c36-27(24-7-2-1-3-8-24)21-31-17-16-22-10-13-25(14-11-22)33-30(37)20-29-32-18-19-35(29)28-15-12-23-6-4-5-9-26(23)34-28/h1-15,18-19,27,31,36H,16-17,20-21H2,(H,33,37)/t27-/m0/s1. The molecular formula is C30H29N5O2. The van der Waals surface area contributed by atoms with Crippen LogP contribution in [0.1, 0.15) is 23.1 Å². The van der Waals surface area contributed by atoms with Gasteiger partial charge in [-0.05, 0) is 54.4 Å². The summed E-state index contributed by atoms with van der Waals surface area (Å²) >= 11 is 0. The first-order valence-electron chi connectivity index (χ1n) is 12.4. The number of carbonyl (C=O) groups is 1. The van der Waals surface area contributed by atoms with E-state index in [-0.39, 0.29) is 12.3 Å². The zero-order chi connectivity index (χ0) is 25.5. The molecule has 0 aliphatic rings. The topological polar surface area (TPSA) is 92.1 Å². The first-order valence-corrected chi connectivity index (χ1v) is 12.4. The number of nitrogens with one attached hydrogen (secondary N) is 2. The summed E-state index contributed by atoms with van der Waals surface area (Å²) in [5.74, 6) is 1.21. The number of anilines is 1. The average molecular weight is 492 g/mol. The van der Waals surface area contributed by atoms with Gasteiger partial charge in [-0.1, -0.05) is 60.7 Å². The second-order valence-corrected chi connectivity index (χ2v) is 8.88. The first kappa shape index (κ1) is 24.4. The van der Waals surface area contributed by atoms with Crippen LogP contribution in [0.5, 0.6) is 0 Å². The van der Waals surface area contributed by atoms with Gasteiger partial charge >= 0.3 is 0 Å². The molecule has 0 spiro atoms. The highest BCUT2D eigenvalue weighted by atomic mass is 16.3. The third-order valence-corrected chi connectivity index (χ3v) is 6.22. The molecule has 0 fully saturated rings. The van der Waals surface area contributed by atoms with Gasteiger partial charge in [-0.2, -0.15) is 0 Å². The van der Waals surface area contributed by atoms with Gasteiger partial charge in [-0.3, -0.25) is 9.36 Å². The molecule has 1 atom stereocenters. The number of aromatic nitrogens is 3. The number of pyridine rings is 1. The molecule has 37 heavy (non-hydrogen) atoms. The normalized spacial score (nSPS) is 11.9. The maximum atomic E-state index is 12.7. The SMILES string of the molecule is O=C(Cc1nccn1-c1ccc2ccccc2n1)Nc1ccc(CCNC[C@H](O)c2ccccc2)cc1. The highest BCUT2D eigenvalue weighted by molar-refractivity contribution is 5.92. The molecule has 1 amide bonds. The van der Waals surface area contributed by atoms with Crippen molar-refractivity contribution < 1.29 is 9.90 Å². The van der Waals surface area contributed by atoms with Gasteiger partial charge in [-0.15, -0.1) is 0 Å². The number of aliphatic hydroxyl groups excluding tert-OH is 1. The summed E-state index contributed by atoms with van der Waals surface area (Å²) in [5.41, 5.74) is 3.69. The number of hydrogen-bond acceptors (Lipinski definition) is 5. The van der Waals surface area contributed by atoms with Gasteiger partial charge in [0.05, 0.1) is 18.0 Å². The molecule has 2 aromatic heterocycles. The predicted molar refractivity (Wildman–Crippen MR) is 146 cm³/mol. The van der Waals surface area contributed by atoms with Gasteiger partial charge in [0.25, 0.3) is 0 Å². The molecule has 5 rings (SSSR count). The Labute approximate surface area is 215 Å². The Morgan fingerprint density at radius 1 is 0.919 bits per heavy atom. The molecule has 0 aliphatic heterocycles. The van der Waals surface area contributed by atoms with E-state index < -0.39 is 6.10 Å². The highest BCUT2D eigenvalue weighted by Crippen LogP contribution is 2.17. The fourth-order valence-corrected chi connectivity index (χ4v) is 4.23. The molecule has 5 aromatic rings. The maximum absolute atomic E-state index is 12.7. The number of imidazole rings is 1.